The Bertz CT molecular complexity index is 3310. The molecule has 17 heteroatoms. The van der Waals surface area contributed by atoms with Crippen LogP contribution in [0.2, 0.25) is 0 Å². The molecule has 1 saturated carbocycles. The highest BCUT2D eigenvalue weighted by atomic mass is 32.1. The molecule has 2 saturated heterocycles. The molecule has 4 aliphatic rings. The summed E-state index contributed by atoms with van der Waals surface area (Å²) in [5.74, 6) is 1.77. The number of anilines is 4. The van der Waals surface area contributed by atoms with Crippen LogP contribution >= 0.6 is 11.3 Å². The van der Waals surface area contributed by atoms with Gasteiger partial charge < -0.3 is 19.3 Å². The molecule has 3 aliphatic heterocycles. The number of thiazole rings is 1. The molecule has 7 aromatic rings. The van der Waals surface area contributed by atoms with E-state index in [1.165, 1.54) is 24.2 Å². The summed E-state index contributed by atoms with van der Waals surface area (Å²) in [6.07, 6.45) is 7.77. The number of aromatic nitrogens is 4. The number of aryl methyl sites for hydroxylation is 1. The van der Waals surface area contributed by atoms with E-state index in [0.717, 1.165) is 113 Å². The van der Waals surface area contributed by atoms with E-state index in [1.807, 2.05) is 105 Å². The molecule has 2 N–H and O–H groups in total. The number of amides is 4. The van der Waals surface area contributed by atoms with Crippen LogP contribution in [0.15, 0.2) is 91.0 Å². The molecule has 0 atom stereocenters. The first-order valence-electron chi connectivity index (χ1n) is 26.8. The molecule has 6 heterocycles. The van der Waals surface area contributed by atoms with Crippen molar-refractivity contribution in [2.45, 2.75) is 97.3 Å². The second-order valence-corrected chi connectivity index (χ2v) is 22.7. The molecular weight excluding hydrogens is 977 g/mol. The average molecular weight is 1040 g/mol. The highest BCUT2D eigenvalue weighted by molar-refractivity contribution is 7.22. The fraction of sp³-hybridized carbons (Fsp3) is 0.407. The maximum Gasteiger partial charge on any atom is 0.358 e. The molecule has 394 valence electrons. The third-order valence-electron chi connectivity index (χ3n) is 15.4. The zero-order chi connectivity index (χ0) is 52.7. The van der Waals surface area contributed by atoms with Gasteiger partial charge in [0.15, 0.2) is 16.6 Å². The van der Waals surface area contributed by atoms with Crippen LogP contribution in [-0.4, -0.2) is 106 Å². The van der Waals surface area contributed by atoms with Gasteiger partial charge in [0.25, 0.3) is 5.91 Å². The number of benzene rings is 4. The van der Waals surface area contributed by atoms with E-state index >= 15 is 0 Å². The summed E-state index contributed by atoms with van der Waals surface area (Å²) in [5, 5.41) is 11.6. The minimum Gasteiger partial charge on any atom is -0.490 e. The van der Waals surface area contributed by atoms with Crippen LogP contribution in [0.3, 0.4) is 0 Å². The number of hydrogen-bond acceptors (Lipinski definition) is 13. The van der Waals surface area contributed by atoms with Crippen LogP contribution in [0.25, 0.3) is 32.2 Å². The van der Waals surface area contributed by atoms with Crippen molar-refractivity contribution in [1.82, 2.24) is 30.0 Å². The van der Waals surface area contributed by atoms with Crippen LogP contribution in [0, 0.1) is 12.8 Å². The SMILES string of the molecule is Cc1c(OC2CCC(CCCN3CCN(c4ccc5c(N6CCC(=O)NC6=O)nn(C)c5c4)CC3)CC2)cccc1-c1ccc(N2CCc3cccc(C(=O)Nc4nc5ccccc5s4)c3C2)nc1C(=O)OC(C)(C)C. The molecule has 76 heavy (non-hydrogen) atoms. The number of urea groups is 1. The summed E-state index contributed by atoms with van der Waals surface area (Å²) in [6.45, 7) is 14.1. The number of hydrogen-bond donors (Lipinski definition) is 2. The topological polar surface area (TPSA) is 167 Å². The van der Waals surface area contributed by atoms with Crippen molar-refractivity contribution >= 4 is 78.7 Å². The summed E-state index contributed by atoms with van der Waals surface area (Å²) in [7, 11) is 1.90. The number of para-hydroxylation sites is 1. The third-order valence-corrected chi connectivity index (χ3v) is 16.4. The van der Waals surface area contributed by atoms with Gasteiger partial charge >= 0.3 is 12.0 Å². The second-order valence-electron chi connectivity index (χ2n) is 21.7. The van der Waals surface area contributed by atoms with Crippen molar-refractivity contribution in [2.24, 2.45) is 13.0 Å². The van der Waals surface area contributed by atoms with Gasteiger partial charge in [-0.2, -0.15) is 5.10 Å². The lowest BCUT2D eigenvalue weighted by atomic mass is 9.84. The number of piperazine rings is 1. The van der Waals surface area contributed by atoms with Gasteiger partial charge in [0.2, 0.25) is 5.91 Å². The number of pyridine rings is 1. The molecule has 0 spiro atoms. The number of carbonyl (C=O) groups is 4. The van der Waals surface area contributed by atoms with Crippen LogP contribution in [-0.2, 0) is 29.5 Å². The Morgan fingerprint density at radius 3 is 2.42 bits per heavy atom. The lowest BCUT2D eigenvalue weighted by Gasteiger charge is -2.36. The van der Waals surface area contributed by atoms with Crippen LogP contribution < -0.4 is 30.1 Å². The smallest absolute Gasteiger partial charge is 0.358 e. The van der Waals surface area contributed by atoms with Crippen LogP contribution in [0.4, 0.5) is 27.2 Å². The van der Waals surface area contributed by atoms with Gasteiger partial charge in [-0.15, -0.1) is 0 Å². The number of carbonyl (C=O) groups excluding carboxylic acids is 4. The molecule has 0 bridgehead atoms. The van der Waals surface area contributed by atoms with Gasteiger partial charge in [0, 0.05) is 81.5 Å². The maximum atomic E-state index is 14.1. The zero-order valence-electron chi connectivity index (χ0n) is 44.1. The van der Waals surface area contributed by atoms with E-state index in [2.05, 4.69) is 60.5 Å². The van der Waals surface area contributed by atoms with Gasteiger partial charge in [0.1, 0.15) is 17.2 Å². The Kier molecular flexibility index (Phi) is 14.3. The Hall–Kier alpha value is -7.37. The third kappa shape index (κ3) is 10.9. The standard InChI is InChI=1S/C59H66N10O6S/c1-37-42(43-24-25-51(61-53(43)56(72)75-59(2,3)4)68-29-26-39-12-8-14-44(46(39)36-68)55(71)63-57-60-47-15-6-7-17-50(47)76-57)13-9-16-49(37)74-41-21-18-38(19-22-41)11-10-28-66-31-33-67(34-32-66)40-20-23-45-48(35-40)65(5)64-54(45)69-30-27-52(70)62-58(69)73/h6-9,12-17,20,23-25,35,38,41H,10-11,18-19,21-22,26-34,36H2,1-5H3,(H,60,63,71)(H,62,70,73). The fourth-order valence-corrected chi connectivity index (χ4v) is 12.2. The number of nitrogens with zero attached hydrogens (tertiary/aromatic N) is 8. The summed E-state index contributed by atoms with van der Waals surface area (Å²) < 4.78 is 15.6. The van der Waals surface area contributed by atoms with Crippen molar-refractivity contribution in [3.8, 4) is 16.9 Å². The van der Waals surface area contributed by atoms with E-state index in [1.54, 1.807) is 4.90 Å². The summed E-state index contributed by atoms with van der Waals surface area (Å²) in [4.78, 5) is 70.6. The molecule has 3 fully saturated rings. The maximum absolute atomic E-state index is 14.1. The largest absolute Gasteiger partial charge is 0.490 e. The minimum atomic E-state index is -0.733. The summed E-state index contributed by atoms with van der Waals surface area (Å²) >= 11 is 1.45. The Balaban J connectivity index is 0.692. The number of esters is 1. The van der Waals surface area contributed by atoms with Crippen molar-refractivity contribution in [1.29, 1.82) is 0 Å². The highest BCUT2D eigenvalue weighted by Gasteiger charge is 2.31. The van der Waals surface area contributed by atoms with E-state index in [-0.39, 0.29) is 30.0 Å². The monoisotopic (exact) mass is 1040 g/mol. The van der Waals surface area contributed by atoms with Crippen molar-refractivity contribution in [2.75, 3.05) is 65.8 Å². The molecule has 0 unspecified atom stereocenters. The number of nitrogens with one attached hydrogen (secondary N) is 2. The van der Waals surface area contributed by atoms with Crippen molar-refractivity contribution < 1.29 is 28.7 Å². The molecule has 4 amide bonds. The average Bonchev–Trinajstić information content (AvgIpc) is 4.02. The zero-order valence-corrected chi connectivity index (χ0v) is 44.9. The fourth-order valence-electron chi connectivity index (χ4n) is 11.4. The summed E-state index contributed by atoms with van der Waals surface area (Å²) in [5.41, 5.74) is 7.62. The molecule has 1 aliphatic carbocycles. The first kappa shape index (κ1) is 50.8. The first-order valence-corrected chi connectivity index (χ1v) is 27.6. The van der Waals surface area contributed by atoms with E-state index < -0.39 is 17.6 Å². The second kappa shape index (κ2) is 21.3. The number of imide groups is 1. The lowest BCUT2D eigenvalue weighted by molar-refractivity contribution is -0.120. The molecule has 4 aromatic carbocycles. The van der Waals surface area contributed by atoms with Gasteiger partial charge in [0.05, 0.1) is 21.8 Å². The van der Waals surface area contributed by atoms with E-state index in [4.69, 9.17) is 14.5 Å². The normalized spacial score (nSPS) is 18.5. The number of ether oxygens (including phenoxy) is 2. The molecule has 16 nitrogen and oxygen atoms in total. The molecule has 3 aromatic heterocycles. The Morgan fingerprint density at radius 1 is 0.829 bits per heavy atom. The number of rotatable bonds is 13. The molecule has 11 rings (SSSR count). The predicted molar refractivity (Wildman–Crippen MR) is 299 cm³/mol. The molecular formula is C59H66N10O6S. The van der Waals surface area contributed by atoms with Crippen LogP contribution in [0.5, 0.6) is 5.75 Å². The summed E-state index contributed by atoms with van der Waals surface area (Å²) in [6, 6.07) is 29.6. The first-order chi connectivity index (χ1) is 36.7. The van der Waals surface area contributed by atoms with Crippen LogP contribution in [0.1, 0.15) is 103 Å². The molecule has 0 radical (unpaired) electrons. The Morgan fingerprint density at radius 2 is 1.63 bits per heavy atom. The lowest BCUT2D eigenvalue weighted by Crippen LogP contribution is -2.49. The van der Waals surface area contributed by atoms with Gasteiger partial charge in [-0.05, 0) is 162 Å². The highest BCUT2D eigenvalue weighted by Crippen LogP contribution is 2.38. The van der Waals surface area contributed by atoms with Gasteiger partial charge in [-0.25, -0.2) is 19.6 Å². The van der Waals surface area contributed by atoms with Gasteiger partial charge in [-0.1, -0.05) is 47.7 Å². The predicted octanol–water partition coefficient (Wildman–Crippen LogP) is 10.3. The van der Waals surface area contributed by atoms with Gasteiger partial charge in [-0.3, -0.25) is 34.7 Å². The quantitative estimate of drug-likeness (QED) is 0.105. The van der Waals surface area contributed by atoms with E-state index in [9.17, 15) is 19.2 Å². The van der Waals surface area contributed by atoms with Crippen molar-refractivity contribution in [3.05, 3.63) is 119 Å². The van der Waals surface area contributed by atoms with Crippen molar-refractivity contribution in [3.63, 3.8) is 0 Å². The number of fused-ring (bicyclic) bond motifs is 3. The van der Waals surface area contributed by atoms with E-state index in [0.29, 0.717) is 59.9 Å². The Labute approximate surface area is 447 Å². The minimum absolute atomic E-state index is 0.117.